The molecule has 152 valence electrons. The number of carbonyl (C=O) groups is 1. The van der Waals surface area contributed by atoms with Crippen LogP contribution in [0.2, 0.25) is 5.02 Å². The fourth-order valence-electron chi connectivity index (χ4n) is 3.66. The Hall–Kier alpha value is -2.71. The van der Waals surface area contributed by atoms with Crippen LogP contribution >= 0.6 is 11.6 Å². The van der Waals surface area contributed by atoms with Crippen LogP contribution in [0.1, 0.15) is 23.4 Å². The maximum absolute atomic E-state index is 12.7. The molecule has 8 nitrogen and oxygen atoms in total. The van der Waals surface area contributed by atoms with Crippen LogP contribution in [0.5, 0.6) is 0 Å². The van der Waals surface area contributed by atoms with E-state index in [0.29, 0.717) is 36.9 Å². The number of anilines is 2. The highest BCUT2D eigenvalue weighted by atomic mass is 35.5. The van der Waals surface area contributed by atoms with Crippen LogP contribution in [-0.4, -0.2) is 51.8 Å². The zero-order chi connectivity index (χ0) is 20.4. The number of aromatic nitrogens is 4. The highest BCUT2D eigenvalue weighted by molar-refractivity contribution is 6.31. The summed E-state index contributed by atoms with van der Waals surface area (Å²) in [7, 11) is 0. The van der Waals surface area contributed by atoms with E-state index < -0.39 is 0 Å². The minimum absolute atomic E-state index is 0.0701. The molecule has 1 N–H and O–H groups in total. The highest BCUT2D eigenvalue weighted by Gasteiger charge is 2.17. The lowest BCUT2D eigenvalue weighted by atomic mass is 10.1. The molecule has 0 unspecified atom stereocenters. The predicted molar refractivity (Wildman–Crippen MR) is 112 cm³/mol. The first-order valence-corrected chi connectivity index (χ1v) is 9.98. The van der Waals surface area contributed by atoms with Crippen molar-refractivity contribution in [2.75, 3.05) is 36.5 Å². The van der Waals surface area contributed by atoms with Gasteiger partial charge in [-0.1, -0.05) is 11.6 Å². The molecular weight excluding hydrogens is 392 g/mol. The number of hydrogen-bond donors (Lipinski definition) is 1. The van der Waals surface area contributed by atoms with Gasteiger partial charge in [0.05, 0.1) is 24.6 Å². The number of rotatable bonds is 5. The van der Waals surface area contributed by atoms with Gasteiger partial charge in [-0.15, -0.1) is 0 Å². The average Bonchev–Trinajstić information content (AvgIpc) is 3.17. The SMILES string of the molecule is Cc1nc2ncnn2c(C)c1CCC(=O)Nc1cc(Cl)ccc1N1CCOCC1. The summed E-state index contributed by atoms with van der Waals surface area (Å²) in [4.78, 5) is 23.5. The van der Waals surface area contributed by atoms with Crippen molar-refractivity contribution >= 4 is 34.7 Å². The lowest BCUT2D eigenvalue weighted by Gasteiger charge is -2.30. The van der Waals surface area contributed by atoms with Crippen LogP contribution in [0.3, 0.4) is 0 Å². The van der Waals surface area contributed by atoms with E-state index in [-0.39, 0.29) is 5.91 Å². The van der Waals surface area contributed by atoms with Gasteiger partial charge in [0.15, 0.2) is 0 Å². The van der Waals surface area contributed by atoms with E-state index in [1.165, 1.54) is 6.33 Å². The Balaban J connectivity index is 1.49. The third-order valence-corrected chi connectivity index (χ3v) is 5.41. The molecule has 1 saturated heterocycles. The number of halogens is 1. The number of aryl methyl sites for hydroxylation is 2. The van der Waals surface area contributed by atoms with Crippen molar-refractivity contribution in [3.05, 3.63) is 46.5 Å². The molecule has 0 spiro atoms. The molecule has 2 aromatic heterocycles. The molecule has 3 aromatic rings. The van der Waals surface area contributed by atoms with Gasteiger partial charge in [-0.25, -0.2) is 9.50 Å². The van der Waals surface area contributed by atoms with Crippen LogP contribution in [0, 0.1) is 13.8 Å². The Kier molecular flexibility index (Phi) is 5.64. The normalized spacial score (nSPS) is 14.4. The third-order valence-electron chi connectivity index (χ3n) is 5.18. The van der Waals surface area contributed by atoms with E-state index in [1.54, 1.807) is 10.6 Å². The molecule has 1 fully saturated rings. The van der Waals surface area contributed by atoms with Gasteiger partial charge in [-0.2, -0.15) is 10.1 Å². The van der Waals surface area contributed by atoms with Crippen molar-refractivity contribution in [1.29, 1.82) is 0 Å². The Bertz CT molecular complexity index is 1040. The second-order valence-electron chi connectivity index (χ2n) is 7.04. The molecule has 29 heavy (non-hydrogen) atoms. The van der Waals surface area contributed by atoms with Gasteiger partial charge in [0.25, 0.3) is 5.78 Å². The molecule has 9 heteroatoms. The van der Waals surface area contributed by atoms with Gasteiger partial charge < -0.3 is 15.0 Å². The van der Waals surface area contributed by atoms with Crippen LogP contribution in [0.15, 0.2) is 24.5 Å². The summed E-state index contributed by atoms with van der Waals surface area (Å²) in [6.07, 6.45) is 2.38. The fourth-order valence-corrected chi connectivity index (χ4v) is 3.83. The summed E-state index contributed by atoms with van der Waals surface area (Å²) in [5, 5.41) is 7.82. The van der Waals surface area contributed by atoms with Crippen molar-refractivity contribution in [3.8, 4) is 0 Å². The molecule has 1 amide bonds. The Morgan fingerprint density at radius 2 is 2.07 bits per heavy atom. The summed E-state index contributed by atoms with van der Waals surface area (Å²) in [5.74, 6) is 0.501. The number of nitrogens with zero attached hydrogens (tertiary/aromatic N) is 5. The zero-order valence-electron chi connectivity index (χ0n) is 16.5. The van der Waals surface area contributed by atoms with Crippen molar-refractivity contribution in [1.82, 2.24) is 19.6 Å². The monoisotopic (exact) mass is 414 g/mol. The number of ether oxygens (including phenoxy) is 1. The smallest absolute Gasteiger partial charge is 0.252 e. The largest absolute Gasteiger partial charge is 0.378 e. The van der Waals surface area contributed by atoms with Gasteiger partial charge in [-0.3, -0.25) is 4.79 Å². The first kappa shape index (κ1) is 19.6. The number of nitrogens with one attached hydrogen (secondary N) is 1. The second-order valence-corrected chi connectivity index (χ2v) is 7.48. The summed E-state index contributed by atoms with van der Waals surface area (Å²) in [6, 6.07) is 5.58. The number of carbonyl (C=O) groups excluding carboxylic acids is 1. The van der Waals surface area contributed by atoms with Gasteiger partial charge in [0, 0.05) is 35.9 Å². The molecule has 1 aliphatic rings. The molecule has 0 bridgehead atoms. The third kappa shape index (κ3) is 4.18. The molecular formula is C20H23ClN6O2. The van der Waals surface area contributed by atoms with E-state index in [4.69, 9.17) is 16.3 Å². The average molecular weight is 415 g/mol. The van der Waals surface area contributed by atoms with E-state index in [9.17, 15) is 4.79 Å². The maximum atomic E-state index is 12.7. The standard InChI is InChI=1S/C20H23ClN6O2/c1-13-16(14(2)27-20(24-13)22-12-23-27)4-6-19(28)25-17-11-15(21)3-5-18(17)26-7-9-29-10-8-26/h3,5,11-12H,4,6-10H2,1-2H3,(H,25,28). The van der Waals surface area contributed by atoms with Gasteiger partial charge in [-0.05, 0) is 44.0 Å². The Morgan fingerprint density at radius 1 is 1.28 bits per heavy atom. The molecule has 1 aromatic carbocycles. The molecule has 0 atom stereocenters. The van der Waals surface area contributed by atoms with Crippen LogP contribution in [-0.2, 0) is 16.0 Å². The minimum Gasteiger partial charge on any atom is -0.378 e. The lowest BCUT2D eigenvalue weighted by molar-refractivity contribution is -0.116. The molecule has 0 aliphatic carbocycles. The van der Waals surface area contributed by atoms with Crippen molar-refractivity contribution in [3.63, 3.8) is 0 Å². The first-order valence-electron chi connectivity index (χ1n) is 9.61. The van der Waals surface area contributed by atoms with E-state index >= 15 is 0 Å². The maximum Gasteiger partial charge on any atom is 0.252 e. The van der Waals surface area contributed by atoms with Gasteiger partial charge in [0.1, 0.15) is 6.33 Å². The minimum atomic E-state index is -0.0701. The van der Waals surface area contributed by atoms with E-state index in [2.05, 4.69) is 25.3 Å². The van der Waals surface area contributed by atoms with Crippen molar-refractivity contribution < 1.29 is 9.53 Å². The Morgan fingerprint density at radius 3 is 2.86 bits per heavy atom. The fraction of sp³-hybridized carbons (Fsp3) is 0.400. The molecule has 1 aliphatic heterocycles. The lowest BCUT2D eigenvalue weighted by Crippen LogP contribution is -2.36. The summed E-state index contributed by atoms with van der Waals surface area (Å²) in [6.45, 7) is 6.82. The van der Waals surface area contributed by atoms with Crippen molar-refractivity contribution in [2.24, 2.45) is 0 Å². The summed E-state index contributed by atoms with van der Waals surface area (Å²) >= 11 is 6.18. The molecule has 3 heterocycles. The number of hydrogen-bond acceptors (Lipinski definition) is 6. The van der Waals surface area contributed by atoms with Gasteiger partial charge >= 0.3 is 0 Å². The van der Waals surface area contributed by atoms with Crippen LogP contribution < -0.4 is 10.2 Å². The van der Waals surface area contributed by atoms with E-state index in [1.807, 2.05) is 26.0 Å². The molecule has 4 rings (SSSR count). The number of benzene rings is 1. The zero-order valence-corrected chi connectivity index (χ0v) is 17.2. The molecule has 0 radical (unpaired) electrons. The first-order chi connectivity index (χ1) is 14.0. The highest BCUT2D eigenvalue weighted by Crippen LogP contribution is 2.30. The van der Waals surface area contributed by atoms with Gasteiger partial charge in [0.2, 0.25) is 5.91 Å². The topological polar surface area (TPSA) is 84.6 Å². The summed E-state index contributed by atoms with van der Waals surface area (Å²) in [5.41, 5.74) is 4.52. The number of morpholine rings is 1. The number of fused-ring (bicyclic) bond motifs is 1. The van der Waals surface area contributed by atoms with Crippen LogP contribution in [0.4, 0.5) is 11.4 Å². The predicted octanol–water partition coefficient (Wildman–Crippen LogP) is 2.80. The van der Waals surface area contributed by atoms with Crippen molar-refractivity contribution in [2.45, 2.75) is 26.7 Å². The molecule has 0 saturated carbocycles. The van der Waals surface area contributed by atoms with E-state index in [0.717, 1.165) is 41.4 Å². The second kappa shape index (κ2) is 8.34. The quantitative estimate of drug-likeness (QED) is 0.691. The Labute approximate surface area is 173 Å². The van der Waals surface area contributed by atoms with Crippen LogP contribution in [0.25, 0.3) is 5.78 Å². The summed E-state index contributed by atoms with van der Waals surface area (Å²) < 4.78 is 7.13. The number of amides is 1.